The Morgan fingerprint density at radius 3 is 2.62 bits per heavy atom. The molecule has 0 amide bonds. The summed E-state index contributed by atoms with van der Waals surface area (Å²) in [6, 6.07) is 5.78. The third-order valence-corrected chi connectivity index (χ3v) is 8.86. The summed E-state index contributed by atoms with van der Waals surface area (Å²) in [5, 5.41) is 23.9. The van der Waals surface area contributed by atoms with Gasteiger partial charge in [0.2, 0.25) is 5.28 Å². The monoisotopic (exact) mass is 611 g/mol. The fourth-order valence-electron chi connectivity index (χ4n) is 3.54. The number of halogens is 3. The topological polar surface area (TPSA) is 200 Å². The van der Waals surface area contributed by atoms with Crippen LogP contribution < -0.4 is 5.32 Å². The number of aromatic nitrogens is 4. The van der Waals surface area contributed by atoms with E-state index in [1.165, 1.54) is 24.3 Å². The Bertz CT molecular complexity index is 1440. The van der Waals surface area contributed by atoms with Gasteiger partial charge in [-0.1, -0.05) is 25.1 Å². The zero-order valence-corrected chi connectivity index (χ0v) is 22.8. The van der Waals surface area contributed by atoms with Crippen molar-refractivity contribution in [1.29, 1.82) is 0 Å². The van der Waals surface area contributed by atoms with Gasteiger partial charge in [-0.3, -0.25) is 13.7 Å². The van der Waals surface area contributed by atoms with Crippen LogP contribution in [0.4, 0.5) is 14.6 Å². The summed E-state index contributed by atoms with van der Waals surface area (Å²) >= 11 is 6.01. The van der Waals surface area contributed by atoms with Crippen molar-refractivity contribution in [3.63, 3.8) is 0 Å². The predicted molar refractivity (Wildman–Crippen MR) is 137 cm³/mol. The Hall–Kier alpha value is -2.32. The van der Waals surface area contributed by atoms with E-state index < -0.39 is 52.0 Å². The van der Waals surface area contributed by atoms with Crippen molar-refractivity contribution in [2.24, 2.45) is 0 Å². The number of hydrogen-bond acceptors (Lipinski definition) is 9. The Morgan fingerprint density at radius 1 is 1.26 bits per heavy atom. The van der Waals surface area contributed by atoms with Crippen molar-refractivity contribution in [2.45, 2.75) is 38.4 Å². The lowest BCUT2D eigenvalue weighted by Gasteiger charge is -2.25. The average molecular weight is 612 g/mol. The van der Waals surface area contributed by atoms with Gasteiger partial charge in [-0.05, 0) is 41.3 Å². The quantitative estimate of drug-likeness (QED) is 0.0938. The zero-order chi connectivity index (χ0) is 29.0. The smallest absolute Gasteiger partial charge is 0.340 e. The standard InChI is InChI=1S/C21H26ClF2N5O8P2/c1-2-4-13(9-37-39(35,36)11-38(32,33)34)17(30)15(24)20(31)29-10-26-16-18(27-21(22)28-19(16)29)25-8-12-5-3-6-14(23)7-12/h3-7,10,15,17,20,30-31H,2,8-9,11H2,1H3,(H,35,36)(H,25,27,28)(H2,32,33,34)/b13-4-/t15-,17+,20+/m0/s1. The molecule has 0 aliphatic heterocycles. The van der Waals surface area contributed by atoms with Crippen LogP contribution in [0.2, 0.25) is 5.28 Å². The minimum atomic E-state index is -4.90. The van der Waals surface area contributed by atoms with Gasteiger partial charge in [-0.2, -0.15) is 9.97 Å². The molecule has 4 atom stereocenters. The van der Waals surface area contributed by atoms with Crippen LogP contribution in [-0.4, -0.2) is 69.2 Å². The van der Waals surface area contributed by atoms with Gasteiger partial charge in [0, 0.05) is 6.54 Å². The van der Waals surface area contributed by atoms with Crippen LogP contribution in [0, 0.1) is 5.82 Å². The molecule has 39 heavy (non-hydrogen) atoms. The van der Waals surface area contributed by atoms with Crippen LogP contribution in [0.3, 0.4) is 0 Å². The van der Waals surface area contributed by atoms with E-state index in [-0.39, 0.29) is 40.8 Å². The third kappa shape index (κ3) is 8.58. The van der Waals surface area contributed by atoms with Crippen molar-refractivity contribution in [3.8, 4) is 0 Å². The van der Waals surface area contributed by atoms with Crippen LogP contribution >= 0.6 is 26.8 Å². The Morgan fingerprint density at radius 2 is 1.97 bits per heavy atom. The van der Waals surface area contributed by atoms with Gasteiger partial charge in [-0.25, -0.2) is 13.8 Å². The Balaban J connectivity index is 1.80. The molecule has 1 unspecified atom stereocenters. The molecule has 6 N–H and O–H groups in total. The molecular formula is C21H26ClF2N5O8P2. The Labute approximate surface area is 225 Å². The van der Waals surface area contributed by atoms with Gasteiger partial charge < -0.3 is 34.7 Å². The summed E-state index contributed by atoms with van der Waals surface area (Å²) in [7, 11) is -9.68. The maximum absolute atomic E-state index is 15.3. The maximum atomic E-state index is 15.3. The molecule has 0 bridgehead atoms. The van der Waals surface area contributed by atoms with Crippen LogP contribution in [0.1, 0.15) is 25.1 Å². The number of aliphatic hydroxyl groups is 2. The van der Waals surface area contributed by atoms with Crippen molar-refractivity contribution >= 4 is 43.8 Å². The number of fused-ring (bicyclic) bond motifs is 1. The number of hydrogen-bond donors (Lipinski definition) is 6. The van der Waals surface area contributed by atoms with Gasteiger partial charge >= 0.3 is 15.2 Å². The fourth-order valence-corrected chi connectivity index (χ4v) is 6.24. The molecule has 0 aliphatic rings. The molecule has 0 fully saturated rings. The van der Waals surface area contributed by atoms with E-state index in [1.54, 1.807) is 13.0 Å². The number of nitrogens with zero attached hydrogens (tertiary/aromatic N) is 4. The van der Waals surface area contributed by atoms with Gasteiger partial charge in [0.25, 0.3) is 0 Å². The molecule has 0 spiro atoms. The molecule has 1 aromatic carbocycles. The molecule has 0 aliphatic carbocycles. The van der Waals surface area contributed by atoms with Gasteiger partial charge in [0.05, 0.1) is 12.9 Å². The van der Waals surface area contributed by atoms with E-state index in [4.69, 9.17) is 21.4 Å². The Kier molecular flexibility index (Phi) is 10.3. The highest BCUT2D eigenvalue weighted by molar-refractivity contribution is 7.70. The van der Waals surface area contributed by atoms with E-state index in [0.717, 1.165) is 10.9 Å². The van der Waals surface area contributed by atoms with E-state index in [0.29, 0.717) is 5.56 Å². The van der Waals surface area contributed by atoms with Crippen LogP contribution in [0.5, 0.6) is 0 Å². The van der Waals surface area contributed by atoms with E-state index >= 15 is 4.39 Å². The lowest BCUT2D eigenvalue weighted by atomic mass is 10.0. The molecular weight excluding hydrogens is 586 g/mol. The number of nitrogens with one attached hydrogen (secondary N) is 1. The zero-order valence-electron chi connectivity index (χ0n) is 20.3. The summed E-state index contributed by atoms with van der Waals surface area (Å²) in [4.78, 5) is 39.6. The summed E-state index contributed by atoms with van der Waals surface area (Å²) in [6.07, 6.45) is -4.04. The SMILES string of the molecule is CC/C=C(/COP(=O)(O)CP(=O)(O)O)[C@@H](O)[C@H](F)[C@@H](O)n1cnc2c(NCc3cccc(F)c3)nc(Cl)nc21. The van der Waals surface area contributed by atoms with Gasteiger partial charge in [-0.15, -0.1) is 0 Å². The second-order valence-electron chi connectivity index (χ2n) is 8.36. The fraction of sp³-hybridized carbons (Fsp3) is 0.381. The van der Waals surface area contributed by atoms with Crippen molar-refractivity contribution in [2.75, 3.05) is 17.8 Å². The first kappa shape index (κ1) is 31.2. The predicted octanol–water partition coefficient (Wildman–Crippen LogP) is 3.09. The molecule has 3 aromatic rings. The van der Waals surface area contributed by atoms with Crippen LogP contribution in [-0.2, 0) is 20.2 Å². The first-order valence-corrected chi connectivity index (χ1v) is 15.2. The molecule has 2 aromatic heterocycles. The number of alkyl halides is 1. The molecule has 18 heteroatoms. The lowest BCUT2D eigenvalue weighted by molar-refractivity contribution is -0.0352. The molecule has 0 saturated carbocycles. The van der Waals surface area contributed by atoms with E-state index in [1.807, 2.05) is 0 Å². The maximum Gasteiger partial charge on any atom is 0.340 e. The first-order chi connectivity index (χ1) is 18.2. The number of rotatable bonds is 13. The number of imidazole rings is 1. The average Bonchev–Trinajstić information content (AvgIpc) is 3.26. The summed E-state index contributed by atoms with van der Waals surface area (Å²) in [6.45, 7) is 0.899. The number of aliphatic hydroxyl groups excluding tert-OH is 2. The largest absolute Gasteiger partial charge is 0.385 e. The number of benzene rings is 1. The van der Waals surface area contributed by atoms with E-state index in [2.05, 4.69) is 24.8 Å². The van der Waals surface area contributed by atoms with Crippen molar-refractivity contribution in [1.82, 2.24) is 19.5 Å². The second-order valence-corrected chi connectivity index (χ2v) is 12.7. The normalized spacial score (nSPS) is 16.6. The minimum absolute atomic E-state index is 0.0860. The van der Waals surface area contributed by atoms with Crippen molar-refractivity contribution in [3.05, 3.63) is 58.9 Å². The third-order valence-electron chi connectivity index (χ3n) is 5.26. The van der Waals surface area contributed by atoms with Gasteiger partial charge in [0.1, 0.15) is 11.9 Å². The molecule has 214 valence electrons. The molecule has 0 saturated heterocycles. The first-order valence-electron chi connectivity index (χ1n) is 11.3. The molecule has 13 nitrogen and oxygen atoms in total. The van der Waals surface area contributed by atoms with E-state index in [9.17, 15) is 28.6 Å². The molecule has 2 heterocycles. The highest BCUT2D eigenvalue weighted by Crippen LogP contribution is 2.55. The minimum Gasteiger partial charge on any atom is -0.385 e. The van der Waals surface area contributed by atoms with Crippen LogP contribution in [0.15, 0.2) is 42.2 Å². The summed E-state index contributed by atoms with van der Waals surface area (Å²) in [5.41, 5.74) is 0.314. The highest BCUT2D eigenvalue weighted by atomic mass is 35.5. The van der Waals surface area contributed by atoms with Gasteiger partial charge in [0.15, 0.2) is 35.3 Å². The summed E-state index contributed by atoms with van der Waals surface area (Å²) in [5.74, 6) is -1.79. The van der Waals surface area contributed by atoms with Crippen molar-refractivity contribution < 1.29 is 47.3 Å². The molecule has 3 rings (SSSR count). The number of anilines is 1. The molecule has 0 radical (unpaired) electrons. The van der Waals surface area contributed by atoms with Crippen LogP contribution in [0.25, 0.3) is 11.2 Å². The highest BCUT2D eigenvalue weighted by Gasteiger charge is 2.35. The second kappa shape index (κ2) is 12.9. The summed E-state index contributed by atoms with van der Waals surface area (Å²) < 4.78 is 57.4. The number of allylic oxidation sites excluding steroid dienone is 1. The lowest BCUT2D eigenvalue weighted by Crippen LogP contribution is -2.34.